The second-order valence-electron chi connectivity index (χ2n) is 5.68. The molecule has 0 spiro atoms. The third-order valence-electron chi connectivity index (χ3n) is 4.31. The van der Waals surface area contributed by atoms with Crippen LogP contribution in [0.1, 0.15) is 30.4 Å². The first kappa shape index (κ1) is 12.4. The predicted molar refractivity (Wildman–Crippen MR) is 74.7 cm³/mol. The van der Waals surface area contributed by atoms with Gasteiger partial charge < -0.3 is 5.11 Å². The third-order valence-corrected chi connectivity index (χ3v) is 4.31. The lowest BCUT2D eigenvalue weighted by atomic mass is 10.1. The van der Waals surface area contributed by atoms with Crippen molar-refractivity contribution in [2.24, 2.45) is 5.92 Å². The van der Waals surface area contributed by atoms with Crippen LogP contribution in [0, 0.1) is 5.92 Å². The fourth-order valence-electron chi connectivity index (χ4n) is 3.36. The Morgan fingerprint density at radius 2 is 2.11 bits per heavy atom. The number of hydrogen-bond acceptors (Lipinski definition) is 2. The van der Waals surface area contributed by atoms with Gasteiger partial charge in [-0.15, -0.1) is 0 Å². The van der Waals surface area contributed by atoms with Gasteiger partial charge in [0.2, 0.25) is 0 Å². The van der Waals surface area contributed by atoms with Crippen molar-refractivity contribution in [3.8, 4) is 0 Å². The van der Waals surface area contributed by atoms with E-state index in [9.17, 15) is 4.79 Å². The van der Waals surface area contributed by atoms with Crippen molar-refractivity contribution in [1.82, 2.24) is 4.90 Å². The van der Waals surface area contributed by atoms with E-state index in [1.54, 1.807) is 6.08 Å². The Hall–Kier alpha value is -1.61. The number of aliphatic carboxylic acids is 1. The molecule has 1 aromatic carbocycles. The summed E-state index contributed by atoms with van der Waals surface area (Å²) < 4.78 is 0. The van der Waals surface area contributed by atoms with Gasteiger partial charge in [0.15, 0.2) is 0 Å². The molecule has 2 unspecified atom stereocenters. The number of fused-ring (bicyclic) bond motifs is 2. The average molecular weight is 257 g/mol. The van der Waals surface area contributed by atoms with Crippen LogP contribution in [-0.2, 0) is 11.3 Å². The van der Waals surface area contributed by atoms with E-state index >= 15 is 0 Å². The number of piperidine rings is 1. The number of hydrogen-bond donors (Lipinski definition) is 1. The van der Waals surface area contributed by atoms with Gasteiger partial charge in [0.1, 0.15) is 0 Å². The summed E-state index contributed by atoms with van der Waals surface area (Å²) in [4.78, 5) is 13.0. The molecule has 1 saturated heterocycles. The Bertz CT molecular complexity index is 492. The van der Waals surface area contributed by atoms with Crippen LogP contribution in [0.3, 0.4) is 0 Å². The minimum atomic E-state index is -0.905. The number of carbonyl (C=O) groups is 1. The lowest BCUT2D eigenvalue weighted by Crippen LogP contribution is -2.31. The van der Waals surface area contributed by atoms with E-state index in [0.29, 0.717) is 0 Å². The summed E-state index contributed by atoms with van der Waals surface area (Å²) >= 11 is 0. The summed E-state index contributed by atoms with van der Waals surface area (Å²) in [6.45, 7) is 2.29. The highest BCUT2D eigenvalue weighted by Crippen LogP contribution is 2.38. The fraction of sp³-hybridized carbons (Fsp3) is 0.438. The highest BCUT2D eigenvalue weighted by molar-refractivity contribution is 5.85. The molecule has 1 aliphatic carbocycles. The number of benzene rings is 1. The van der Waals surface area contributed by atoms with Crippen LogP contribution in [-0.4, -0.2) is 28.6 Å². The molecule has 3 heteroatoms. The number of carboxylic acids is 1. The Morgan fingerprint density at radius 1 is 1.32 bits per heavy atom. The second-order valence-corrected chi connectivity index (χ2v) is 5.68. The Balaban J connectivity index is 1.61. The quantitative estimate of drug-likeness (QED) is 0.843. The molecule has 2 atom stereocenters. The second kappa shape index (κ2) is 5.17. The van der Waals surface area contributed by atoms with E-state index in [0.717, 1.165) is 24.1 Å². The number of carboxylic acid groups (broad SMARTS) is 1. The molecule has 1 N–H and O–H groups in total. The van der Waals surface area contributed by atoms with Gasteiger partial charge in [0.05, 0.1) is 0 Å². The van der Waals surface area contributed by atoms with Gasteiger partial charge in [-0.3, -0.25) is 4.90 Å². The molecule has 0 amide bonds. The van der Waals surface area contributed by atoms with Crippen molar-refractivity contribution in [3.05, 3.63) is 41.5 Å². The first-order chi connectivity index (χ1) is 9.20. The van der Waals surface area contributed by atoms with Crippen molar-refractivity contribution in [3.63, 3.8) is 0 Å². The van der Waals surface area contributed by atoms with Crippen molar-refractivity contribution in [2.75, 3.05) is 6.54 Å². The topological polar surface area (TPSA) is 40.5 Å². The van der Waals surface area contributed by atoms with Crippen molar-refractivity contribution >= 4 is 12.0 Å². The molecule has 1 aromatic rings. The van der Waals surface area contributed by atoms with Crippen LogP contribution in [0.25, 0.3) is 6.08 Å². The summed E-state index contributed by atoms with van der Waals surface area (Å²) in [5.41, 5.74) is 2.26. The van der Waals surface area contributed by atoms with Crippen LogP contribution >= 0.6 is 0 Å². The normalized spacial score (nSPS) is 26.3. The van der Waals surface area contributed by atoms with Crippen molar-refractivity contribution in [1.29, 1.82) is 0 Å². The number of nitrogens with zero attached hydrogens (tertiary/aromatic N) is 1. The first-order valence-electron chi connectivity index (χ1n) is 6.95. The zero-order valence-corrected chi connectivity index (χ0v) is 11.0. The SMILES string of the molecule is O=C(O)/C=C/c1ccc(CN2CC3CCC2C3)cc1. The molecule has 1 heterocycles. The largest absolute Gasteiger partial charge is 0.478 e. The van der Waals surface area contributed by atoms with Crippen LogP contribution in [0.15, 0.2) is 30.3 Å². The average Bonchev–Trinajstić information content (AvgIpc) is 3.00. The minimum Gasteiger partial charge on any atom is -0.478 e. The van der Waals surface area contributed by atoms with Crippen LogP contribution in [0.2, 0.25) is 0 Å². The van der Waals surface area contributed by atoms with E-state index in [1.165, 1.54) is 37.4 Å². The van der Waals surface area contributed by atoms with Crippen molar-refractivity contribution in [2.45, 2.75) is 31.8 Å². The van der Waals surface area contributed by atoms with Gasteiger partial charge in [-0.2, -0.15) is 0 Å². The monoisotopic (exact) mass is 257 g/mol. The van der Waals surface area contributed by atoms with Gasteiger partial charge in [-0.25, -0.2) is 4.79 Å². The maximum absolute atomic E-state index is 10.4. The van der Waals surface area contributed by atoms with Gasteiger partial charge in [-0.1, -0.05) is 24.3 Å². The Morgan fingerprint density at radius 3 is 2.68 bits per heavy atom. The zero-order valence-electron chi connectivity index (χ0n) is 11.0. The molecule has 0 radical (unpaired) electrons. The van der Waals surface area contributed by atoms with Crippen LogP contribution in [0.5, 0.6) is 0 Å². The Labute approximate surface area is 113 Å². The molecule has 100 valence electrons. The maximum atomic E-state index is 10.4. The maximum Gasteiger partial charge on any atom is 0.328 e. The lowest BCUT2D eigenvalue weighted by Gasteiger charge is -2.26. The minimum absolute atomic E-state index is 0.802. The number of likely N-dealkylation sites (tertiary alicyclic amines) is 1. The summed E-state index contributed by atoms with van der Waals surface area (Å²) in [6.07, 6.45) is 6.97. The third kappa shape index (κ3) is 2.87. The molecule has 2 aliphatic rings. The summed E-state index contributed by atoms with van der Waals surface area (Å²) in [5.74, 6) is 0.0277. The standard InChI is InChI=1S/C16H19NO2/c18-16(19)8-6-12-1-3-13(4-2-12)10-17-11-14-5-7-15(17)9-14/h1-4,6,8,14-15H,5,7,9-11H2,(H,18,19)/b8-6+. The van der Waals surface area contributed by atoms with E-state index in [1.807, 2.05) is 12.1 Å². The zero-order chi connectivity index (χ0) is 13.2. The van der Waals surface area contributed by atoms with Crippen LogP contribution < -0.4 is 0 Å². The van der Waals surface area contributed by atoms with Gasteiger partial charge in [-0.05, 0) is 42.4 Å². The predicted octanol–water partition coefficient (Wildman–Crippen LogP) is 2.77. The smallest absolute Gasteiger partial charge is 0.328 e. The van der Waals surface area contributed by atoms with E-state index in [-0.39, 0.29) is 0 Å². The summed E-state index contributed by atoms with van der Waals surface area (Å²) in [6, 6.07) is 8.99. The highest BCUT2D eigenvalue weighted by Gasteiger charge is 2.37. The molecule has 2 bridgehead atoms. The van der Waals surface area contributed by atoms with E-state index in [4.69, 9.17) is 5.11 Å². The number of rotatable bonds is 4. The molecule has 0 aromatic heterocycles. The Kier molecular flexibility index (Phi) is 3.38. The highest BCUT2D eigenvalue weighted by atomic mass is 16.4. The molecular weight excluding hydrogens is 238 g/mol. The van der Waals surface area contributed by atoms with Crippen LogP contribution in [0.4, 0.5) is 0 Å². The van der Waals surface area contributed by atoms with Gasteiger partial charge >= 0.3 is 5.97 Å². The molecule has 1 saturated carbocycles. The molecule has 19 heavy (non-hydrogen) atoms. The molecule has 2 fully saturated rings. The summed E-state index contributed by atoms with van der Waals surface area (Å²) in [5, 5.41) is 8.59. The van der Waals surface area contributed by atoms with Gasteiger partial charge in [0.25, 0.3) is 0 Å². The summed E-state index contributed by atoms with van der Waals surface area (Å²) in [7, 11) is 0. The van der Waals surface area contributed by atoms with E-state index in [2.05, 4.69) is 17.0 Å². The van der Waals surface area contributed by atoms with E-state index < -0.39 is 5.97 Å². The van der Waals surface area contributed by atoms with Crippen molar-refractivity contribution < 1.29 is 9.90 Å². The van der Waals surface area contributed by atoms with Gasteiger partial charge in [0, 0.05) is 25.2 Å². The molecule has 3 rings (SSSR count). The molecule has 1 aliphatic heterocycles. The first-order valence-corrected chi connectivity index (χ1v) is 6.95. The lowest BCUT2D eigenvalue weighted by molar-refractivity contribution is -0.131. The molecule has 3 nitrogen and oxygen atoms in total. The molecular formula is C16H19NO2. The fourth-order valence-corrected chi connectivity index (χ4v) is 3.36.